The fourth-order valence-corrected chi connectivity index (χ4v) is 0.770. The molecule has 1 N–H and O–H groups in total. The van der Waals surface area contributed by atoms with E-state index in [1.807, 2.05) is 0 Å². The SMILES string of the molecule is CCC/C=C\C(O)(C(F)(F)F)C(F)(F)F. The lowest BCUT2D eigenvalue weighted by Gasteiger charge is -2.29. The first-order chi connectivity index (χ1) is 6.56. The molecule has 0 radical (unpaired) electrons. The maximum absolute atomic E-state index is 12.0. The highest BCUT2D eigenvalue weighted by molar-refractivity contribution is 5.10. The van der Waals surface area contributed by atoms with Gasteiger partial charge in [-0.15, -0.1) is 0 Å². The molecule has 1 nitrogen and oxygen atoms in total. The normalized spacial score (nSPS) is 14.9. The van der Waals surface area contributed by atoms with Crippen molar-refractivity contribution in [3.05, 3.63) is 12.2 Å². The van der Waals surface area contributed by atoms with Gasteiger partial charge < -0.3 is 5.11 Å². The molecule has 0 aliphatic carbocycles. The Morgan fingerprint density at radius 3 is 1.67 bits per heavy atom. The Kier molecular flexibility index (Phi) is 4.21. The first-order valence-corrected chi connectivity index (χ1v) is 4.09. The van der Waals surface area contributed by atoms with Crippen molar-refractivity contribution in [1.82, 2.24) is 0 Å². The van der Waals surface area contributed by atoms with E-state index >= 15 is 0 Å². The number of aliphatic hydroxyl groups is 1. The van der Waals surface area contributed by atoms with Crippen LogP contribution in [0.1, 0.15) is 19.8 Å². The average Bonchev–Trinajstić information content (AvgIpc) is 2.00. The highest BCUT2D eigenvalue weighted by atomic mass is 19.4. The molecular weight excluding hydrogens is 226 g/mol. The number of halogens is 6. The third-order valence-corrected chi connectivity index (χ3v) is 1.68. The van der Waals surface area contributed by atoms with Crippen molar-refractivity contribution in [2.24, 2.45) is 0 Å². The van der Waals surface area contributed by atoms with E-state index in [9.17, 15) is 26.3 Å². The molecule has 0 spiro atoms. The summed E-state index contributed by atoms with van der Waals surface area (Å²) in [6, 6.07) is 0. The van der Waals surface area contributed by atoms with E-state index in [0.29, 0.717) is 12.5 Å². The van der Waals surface area contributed by atoms with Gasteiger partial charge in [0.25, 0.3) is 5.60 Å². The van der Waals surface area contributed by atoms with Crippen molar-refractivity contribution < 1.29 is 31.4 Å². The van der Waals surface area contributed by atoms with E-state index in [1.54, 1.807) is 6.92 Å². The molecule has 15 heavy (non-hydrogen) atoms. The molecular formula is C8H10F6O. The molecule has 0 aromatic carbocycles. The van der Waals surface area contributed by atoms with Gasteiger partial charge >= 0.3 is 12.4 Å². The lowest BCUT2D eigenvalue weighted by atomic mass is 10.0. The van der Waals surface area contributed by atoms with E-state index in [-0.39, 0.29) is 12.5 Å². The Balaban J connectivity index is 5.06. The van der Waals surface area contributed by atoms with Crippen LogP contribution in [0.4, 0.5) is 26.3 Å². The largest absolute Gasteiger partial charge is 0.429 e. The van der Waals surface area contributed by atoms with Crippen molar-refractivity contribution in [2.45, 2.75) is 37.7 Å². The second-order valence-electron chi connectivity index (χ2n) is 2.95. The Morgan fingerprint density at radius 2 is 1.40 bits per heavy atom. The fraction of sp³-hybridized carbons (Fsp3) is 0.750. The van der Waals surface area contributed by atoms with Crippen molar-refractivity contribution >= 4 is 0 Å². The zero-order chi connectivity index (χ0) is 12.3. The highest BCUT2D eigenvalue weighted by Gasteiger charge is 2.68. The van der Waals surface area contributed by atoms with Gasteiger partial charge in [0.05, 0.1) is 0 Å². The fourth-order valence-electron chi connectivity index (χ4n) is 0.770. The summed E-state index contributed by atoms with van der Waals surface area (Å²) in [6.07, 6.45) is -10.7. The number of rotatable bonds is 3. The van der Waals surface area contributed by atoms with Crippen LogP contribution in [0.25, 0.3) is 0 Å². The van der Waals surface area contributed by atoms with Gasteiger partial charge in [-0.3, -0.25) is 0 Å². The summed E-state index contributed by atoms with van der Waals surface area (Å²) < 4.78 is 72.0. The van der Waals surface area contributed by atoms with Gasteiger partial charge in [0.2, 0.25) is 0 Å². The minimum atomic E-state index is -5.77. The first kappa shape index (κ1) is 14.3. The molecule has 0 atom stereocenters. The molecule has 0 rings (SSSR count). The molecule has 7 heteroatoms. The Bertz CT molecular complexity index is 212. The molecule has 0 aliphatic heterocycles. The quantitative estimate of drug-likeness (QED) is 0.589. The van der Waals surface area contributed by atoms with Gasteiger partial charge in [-0.25, -0.2) is 0 Å². The van der Waals surface area contributed by atoms with Crippen LogP contribution in [0.5, 0.6) is 0 Å². The van der Waals surface area contributed by atoms with Crippen molar-refractivity contribution in [2.75, 3.05) is 0 Å². The minimum absolute atomic E-state index is 0.0362. The monoisotopic (exact) mass is 236 g/mol. The van der Waals surface area contributed by atoms with Gasteiger partial charge in [-0.05, 0) is 12.5 Å². The maximum Gasteiger partial charge on any atom is 0.429 e. The van der Waals surface area contributed by atoms with E-state index in [2.05, 4.69) is 0 Å². The maximum atomic E-state index is 12.0. The van der Waals surface area contributed by atoms with Crippen LogP contribution in [0.2, 0.25) is 0 Å². The van der Waals surface area contributed by atoms with Crippen molar-refractivity contribution in [3.63, 3.8) is 0 Å². The molecule has 0 bridgehead atoms. The third-order valence-electron chi connectivity index (χ3n) is 1.68. The third kappa shape index (κ3) is 3.12. The van der Waals surface area contributed by atoms with E-state index in [4.69, 9.17) is 5.11 Å². The predicted molar refractivity (Wildman–Crippen MR) is 41.1 cm³/mol. The van der Waals surface area contributed by atoms with E-state index in [1.165, 1.54) is 0 Å². The lowest BCUT2D eigenvalue weighted by Crippen LogP contribution is -2.55. The molecule has 0 fully saturated rings. The summed E-state index contributed by atoms with van der Waals surface area (Å²) in [6.45, 7) is 1.59. The van der Waals surface area contributed by atoms with Gasteiger partial charge in [0.1, 0.15) is 0 Å². The summed E-state index contributed by atoms with van der Waals surface area (Å²) in [5.74, 6) is 0. The number of unbranched alkanes of at least 4 members (excludes halogenated alkanes) is 1. The number of allylic oxidation sites excluding steroid dienone is 1. The average molecular weight is 236 g/mol. The molecule has 0 unspecified atom stereocenters. The van der Waals surface area contributed by atoms with Crippen molar-refractivity contribution in [1.29, 1.82) is 0 Å². The second kappa shape index (κ2) is 4.42. The highest BCUT2D eigenvalue weighted by Crippen LogP contribution is 2.43. The molecule has 0 saturated carbocycles. The van der Waals surface area contributed by atoms with Crippen molar-refractivity contribution in [3.8, 4) is 0 Å². The van der Waals surface area contributed by atoms with Crippen LogP contribution in [-0.2, 0) is 0 Å². The van der Waals surface area contributed by atoms with Gasteiger partial charge in [0.15, 0.2) is 0 Å². The smallest absolute Gasteiger partial charge is 0.370 e. The second-order valence-corrected chi connectivity index (χ2v) is 2.95. The molecule has 0 aromatic rings. The van der Waals surface area contributed by atoms with Crippen LogP contribution < -0.4 is 0 Å². The van der Waals surface area contributed by atoms with Gasteiger partial charge in [0, 0.05) is 0 Å². The minimum Gasteiger partial charge on any atom is -0.370 e. The van der Waals surface area contributed by atoms with Crippen LogP contribution in [0.15, 0.2) is 12.2 Å². The van der Waals surface area contributed by atoms with Crippen LogP contribution in [-0.4, -0.2) is 23.1 Å². The molecule has 0 amide bonds. The van der Waals surface area contributed by atoms with Gasteiger partial charge in [-0.2, -0.15) is 26.3 Å². The zero-order valence-corrected chi connectivity index (χ0v) is 7.78. The molecule has 0 saturated heterocycles. The van der Waals surface area contributed by atoms with Gasteiger partial charge in [-0.1, -0.05) is 19.4 Å². The molecule has 0 aromatic heterocycles. The summed E-state index contributed by atoms with van der Waals surface area (Å²) in [5.41, 5.74) is -4.75. The number of alkyl halides is 6. The first-order valence-electron chi connectivity index (χ1n) is 4.09. The topological polar surface area (TPSA) is 20.2 Å². The van der Waals surface area contributed by atoms with E-state index < -0.39 is 18.0 Å². The summed E-state index contributed by atoms with van der Waals surface area (Å²) >= 11 is 0. The molecule has 90 valence electrons. The lowest BCUT2D eigenvalue weighted by molar-refractivity contribution is -0.347. The predicted octanol–water partition coefficient (Wildman–Crippen LogP) is 3.20. The zero-order valence-electron chi connectivity index (χ0n) is 7.78. The van der Waals surface area contributed by atoms with E-state index in [0.717, 1.165) is 0 Å². The number of hydrogen-bond acceptors (Lipinski definition) is 1. The molecule has 0 aliphatic rings. The Labute approximate surface area is 82.4 Å². The Morgan fingerprint density at radius 1 is 1.00 bits per heavy atom. The summed E-state index contributed by atoms with van der Waals surface area (Å²) in [5, 5.41) is 8.57. The number of hydrogen-bond donors (Lipinski definition) is 1. The van der Waals surface area contributed by atoms with Crippen LogP contribution in [0.3, 0.4) is 0 Å². The summed E-state index contributed by atoms with van der Waals surface area (Å²) in [4.78, 5) is 0. The van der Waals surface area contributed by atoms with Crippen LogP contribution in [0, 0.1) is 0 Å². The molecule has 0 heterocycles. The van der Waals surface area contributed by atoms with Crippen LogP contribution >= 0.6 is 0 Å². The standard InChI is InChI=1S/C8H10F6O/c1-2-3-4-5-6(15,7(9,10)11)8(12,13)14/h4-5,15H,2-3H2,1H3/b5-4-. The summed E-state index contributed by atoms with van der Waals surface area (Å²) in [7, 11) is 0. The Hall–Kier alpha value is -0.720.